The molecule has 2 saturated heterocycles. The average molecular weight is 239 g/mol. The Morgan fingerprint density at radius 3 is 2.71 bits per heavy atom. The van der Waals surface area contributed by atoms with Crippen LogP contribution in [0.1, 0.15) is 26.7 Å². The summed E-state index contributed by atoms with van der Waals surface area (Å²) in [5, 5.41) is 3.53. The number of hydrogen-bond donors (Lipinski definition) is 1. The van der Waals surface area contributed by atoms with E-state index in [9.17, 15) is 0 Å². The summed E-state index contributed by atoms with van der Waals surface area (Å²) in [5.74, 6) is 1.72. The third-order valence-corrected chi connectivity index (χ3v) is 4.64. The number of hydrogen-bond acceptors (Lipinski definition) is 3. The minimum atomic E-state index is 0.773. The summed E-state index contributed by atoms with van der Waals surface area (Å²) in [6.45, 7) is 12.3. The van der Waals surface area contributed by atoms with E-state index in [4.69, 9.17) is 0 Å². The summed E-state index contributed by atoms with van der Waals surface area (Å²) in [4.78, 5) is 5.27. The molecule has 2 aliphatic heterocycles. The molecule has 0 aromatic rings. The molecule has 0 aliphatic carbocycles. The van der Waals surface area contributed by atoms with E-state index in [-0.39, 0.29) is 0 Å². The molecule has 0 amide bonds. The van der Waals surface area contributed by atoms with E-state index in [1.54, 1.807) is 0 Å². The number of rotatable bonds is 3. The van der Waals surface area contributed by atoms with Gasteiger partial charge in [0.1, 0.15) is 0 Å². The minimum Gasteiger partial charge on any atom is -0.316 e. The van der Waals surface area contributed by atoms with Gasteiger partial charge in [0.15, 0.2) is 0 Å². The van der Waals surface area contributed by atoms with E-state index in [0.717, 1.165) is 17.9 Å². The van der Waals surface area contributed by atoms with Crippen molar-refractivity contribution < 1.29 is 0 Å². The largest absolute Gasteiger partial charge is 0.316 e. The highest BCUT2D eigenvalue weighted by molar-refractivity contribution is 4.85. The van der Waals surface area contributed by atoms with E-state index in [1.807, 2.05) is 0 Å². The van der Waals surface area contributed by atoms with Crippen LogP contribution >= 0.6 is 0 Å². The standard InChI is InChI=1S/C14H29N3/c1-4-14-11-16(3)6-5-7-17(14)10-13-9-15-8-12(13)2/h12-15H,4-11H2,1-3H3. The molecule has 3 atom stereocenters. The van der Waals surface area contributed by atoms with Crippen molar-refractivity contribution in [1.82, 2.24) is 15.1 Å². The van der Waals surface area contributed by atoms with Crippen LogP contribution in [0.3, 0.4) is 0 Å². The van der Waals surface area contributed by atoms with E-state index in [1.165, 1.54) is 52.1 Å². The van der Waals surface area contributed by atoms with Crippen LogP contribution in [0.15, 0.2) is 0 Å². The topological polar surface area (TPSA) is 18.5 Å². The second-order valence-electron chi connectivity index (χ2n) is 6.07. The molecule has 3 unspecified atom stereocenters. The Bertz CT molecular complexity index is 232. The molecule has 3 nitrogen and oxygen atoms in total. The van der Waals surface area contributed by atoms with Gasteiger partial charge >= 0.3 is 0 Å². The van der Waals surface area contributed by atoms with Crippen LogP contribution in [0.5, 0.6) is 0 Å². The molecule has 0 radical (unpaired) electrons. The summed E-state index contributed by atoms with van der Waals surface area (Å²) >= 11 is 0. The first-order chi connectivity index (χ1) is 8.20. The zero-order valence-corrected chi connectivity index (χ0v) is 11.8. The molecular formula is C14H29N3. The zero-order valence-electron chi connectivity index (χ0n) is 11.8. The van der Waals surface area contributed by atoms with E-state index >= 15 is 0 Å². The van der Waals surface area contributed by atoms with Crippen LogP contribution in [0.2, 0.25) is 0 Å². The Morgan fingerprint density at radius 2 is 2.06 bits per heavy atom. The number of nitrogens with zero attached hydrogens (tertiary/aromatic N) is 2. The monoisotopic (exact) mass is 239 g/mol. The SMILES string of the molecule is CCC1CN(C)CCCN1CC1CNCC1C. The second kappa shape index (κ2) is 6.17. The van der Waals surface area contributed by atoms with Gasteiger partial charge in [0.25, 0.3) is 0 Å². The molecule has 1 N–H and O–H groups in total. The first-order valence-electron chi connectivity index (χ1n) is 7.34. The van der Waals surface area contributed by atoms with Crippen molar-refractivity contribution in [3.8, 4) is 0 Å². The molecular weight excluding hydrogens is 210 g/mol. The Labute approximate surface area is 107 Å². The fraction of sp³-hybridized carbons (Fsp3) is 1.00. The van der Waals surface area contributed by atoms with Crippen molar-refractivity contribution in [2.45, 2.75) is 32.7 Å². The lowest BCUT2D eigenvalue weighted by molar-refractivity contribution is 0.151. The highest BCUT2D eigenvalue weighted by Crippen LogP contribution is 2.20. The van der Waals surface area contributed by atoms with Gasteiger partial charge in [0.05, 0.1) is 0 Å². The van der Waals surface area contributed by atoms with Crippen molar-refractivity contribution in [2.75, 3.05) is 46.3 Å². The molecule has 0 aromatic heterocycles. The molecule has 2 rings (SSSR count). The molecule has 0 spiro atoms. The van der Waals surface area contributed by atoms with Gasteiger partial charge in [-0.2, -0.15) is 0 Å². The Balaban J connectivity index is 1.92. The molecule has 2 aliphatic rings. The first kappa shape index (κ1) is 13.3. The predicted octanol–water partition coefficient (Wildman–Crippen LogP) is 1.26. The van der Waals surface area contributed by atoms with Crippen molar-refractivity contribution in [1.29, 1.82) is 0 Å². The quantitative estimate of drug-likeness (QED) is 0.800. The number of likely N-dealkylation sites (N-methyl/N-ethyl adjacent to an activating group) is 1. The third kappa shape index (κ3) is 3.43. The molecule has 0 saturated carbocycles. The highest BCUT2D eigenvalue weighted by atomic mass is 15.2. The van der Waals surface area contributed by atoms with Crippen LogP contribution in [0.25, 0.3) is 0 Å². The maximum Gasteiger partial charge on any atom is 0.0220 e. The maximum atomic E-state index is 3.53. The summed E-state index contributed by atoms with van der Waals surface area (Å²) < 4.78 is 0. The Hall–Kier alpha value is -0.120. The van der Waals surface area contributed by atoms with Crippen LogP contribution in [0, 0.1) is 11.8 Å². The van der Waals surface area contributed by atoms with Gasteiger partial charge in [0, 0.05) is 19.1 Å². The molecule has 0 bridgehead atoms. The summed E-state index contributed by atoms with van der Waals surface area (Å²) in [7, 11) is 2.27. The summed E-state index contributed by atoms with van der Waals surface area (Å²) in [6, 6.07) is 0.773. The smallest absolute Gasteiger partial charge is 0.0220 e. The van der Waals surface area contributed by atoms with Crippen molar-refractivity contribution in [3.05, 3.63) is 0 Å². The van der Waals surface area contributed by atoms with Crippen LogP contribution in [-0.4, -0.2) is 62.2 Å². The Kier molecular flexibility index (Phi) is 4.83. The average Bonchev–Trinajstić information content (AvgIpc) is 2.61. The van der Waals surface area contributed by atoms with Gasteiger partial charge in [-0.05, 0) is 57.9 Å². The van der Waals surface area contributed by atoms with Crippen molar-refractivity contribution in [3.63, 3.8) is 0 Å². The fourth-order valence-electron chi connectivity index (χ4n) is 3.33. The van der Waals surface area contributed by atoms with Crippen LogP contribution in [-0.2, 0) is 0 Å². The molecule has 2 fully saturated rings. The number of nitrogens with one attached hydrogen (secondary N) is 1. The van der Waals surface area contributed by atoms with Crippen molar-refractivity contribution in [2.24, 2.45) is 11.8 Å². The molecule has 0 aromatic carbocycles. The first-order valence-corrected chi connectivity index (χ1v) is 7.34. The lowest BCUT2D eigenvalue weighted by Crippen LogP contribution is -2.43. The van der Waals surface area contributed by atoms with Crippen LogP contribution < -0.4 is 5.32 Å². The van der Waals surface area contributed by atoms with E-state index in [0.29, 0.717) is 0 Å². The Morgan fingerprint density at radius 1 is 1.24 bits per heavy atom. The van der Waals surface area contributed by atoms with E-state index in [2.05, 4.69) is 36.0 Å². The van der Waals surface area contributed by atoms with Gasteiger partial charge in [-0.1, -0.05) is 13.8 Å². The van der Waals surface area contributed by atoms with Crippen molar-refractivity contribution >= 4 is 0 Å². The van der Waals surface area contributed by atoms with Gasteiger partial charge in [-0.25, -0.2) is 0 Å². The second-order valence-corrected chi connectivity index (χ2v) is 6.07. The highest BCUT2D eigenvalue weighted by Gasteiger charge is 2.29. The van der Waals surface area contributed by atoms with Gasteiger partial charge < -0.3 is 10.2 Å². The molecule has 17 heavy (non-hydrogen) atoms. The van der Waals surface area contributed by atoms with Gasteiger partial charge in [-0.3, -0.25) is 4.90 Å². The van der Waals surface area contributed by atoms with Gasteiger partial charge in [-0.15, -0.1) is 0 Å². The summed E-state index contributed by atoms with van der Waals surface area (Å²) in [5.41, 5.74) is 0. The summed E-state index contributed by atoms with van der Waals surface area (Å²) in [6.07, 6.45) is 2.63. The fourth-order valence-corrected chi connectivity index (χ4v) is 3.33. The molecule has 2 heterocycles. The lowest BCUT2D eigenvalue weighted by atomic mass is 9.96. The van der Waals surface area contributed by atoms with Crippen LogP contribution in [0.4, 0.5) is 0 Å². The zero-order chi connectivity index (χ0) is 12.3. The third-order valence-electron chi connectivity index (χ3n) is 4.64. The molecule has 3 heteroatoms. The molecule has 100 valence electrons. The minimum absolute atomic E-state index is 0.773. The predicted molar refractivity (Wildman–Crippen MR) is 73.3 cm³/mol. The van der Waals surface area contributed by atoms with Gasteiger partial charge in [0.2, 0.25) is 0 Å². The maximum absolute atomic E-state index is 3.53. The normalized spacial score (nSPS) is 37.2. The van der Waals surface area contributed by atoms with E-state index < -0.39 is 0 Å². The lowest BCUT2D eigenvalue weighted by Gasteiger charge is -2.33.